The van der Waals surface area contributed by atoms with Crippen LogP contribution in [0.1, 0.15) is 12.8 Å². The Bertz CT molecular complexity index is 940. The number of carbonyl (C=O) groups is 1. The number of thiophene rings is 1. The van der Waals surface area contributed by atoms with E-state index in [2.05, 4.69) is 15.4 Å². The molecule has 3 aromatic rings. The molecule has 1 aliphatic rings. The highest BCUT2D eigenvalue weighted by atomic mass is 32.1. The van der Waals surface area contributed by atoms with E-state index in [4.69, 9.17) is 12.2 Å². The molecule has 27 heavy (non-hydrogen) atoms. The molecule has 1 aliphatic heterocycles. The zero-order chi connectivity index (χ0) is 18.6. The minimum atomic E-state index is 0.0744. The molecule has 4 rings (SSSR count). The minimum Gasteiger partial charge on any atom is -0.326 e. The quantitative estimate of drug-likeness (QED) is 0.577. The van der Waals surface area contributed by atoms with Gasteiger partial charge in [0.05, 0.1) is 18.0 Å². The van der Waals surface area contributed by atoms with E-state index in [1.807, 2.05) is 52.5 Å². The number of hydrogen-bond acceptors (Lipinski definition) is 4. The third-order valence-electron chi connectivity index (χ3n) is 4.92. The van der Waals surface area contributed by atoms with E-state index in [-0.39, 0.29) is 11.8 Å². The summed E-state index contributed by atoms with van der Waals surface area (Å²) >= 11 is 7.04. The van der Waals surface area contributed by atoms with Crippen LogP contribution in [-0.2, 0) is 11.5 Å². The average molecular weight is 401 g/mol. The number of aromatic nitrogens is 3. The van der Waals surface area contributed by atoms with E-state index >= 15 is 0 Å². The molecular weight excluding hydrogens is 378 g/mol. The van der Waals surface area contributed by atoms with Crippen LogP contribution in [0.4, 0.5) is 5.69 Å². The molecule has 0 atom stereocenters. The minimum absolute atomic E-state index is 0.0744. The highest BCUT2D eigenvalue weighted by molar-refractivity contribution is 7.71. The van der Waals surface area contributed by atoms with Crippen LogP contribution in [0.25, 0.3) is 10.7 Å². The number of nitrogens with zero attached hydrogens (tertiary/aromatic N) is 2. The maximum absolute atomic E-state index is 12.5. The Balaban J connectivity index is 1.32. The maximum atomic E-state index is 12.5. The summed E-state index contributed by atoms with van der Waals surface area (Å²) in [4.78, 5) is 19.4. The third-order valence-corrected chi connectivity index (χ3v) is 6.11. The Hall–Kier alpha value is -2.29. The summed E-state index contributed by atoms with van der Waals surface area (Å²) in [5.74, 6) is 1.02. The molecule has 3 heterocycles. The number of para-hydroxylation sites is 1. The second-order valence-corrected chi connectivity index (χ2v) is 8.11. The van der Waals surface area contributed by atoms with Crippen molar-refractivity contribution in [3.05, 3.63) is 52.6 Å². The lowest BCUT2D eigenvalue weighted by molar-refractivity contribution is -0.928. The number of nitrogens with one attached hydrogen (secondary N) is 3. The van der Waals surface area contributed by atoms with Crippen LogP contribution >= 0.6 is 23.6 Å². The first-order chi connectivity index (χ1) is 13.2. The van der Waals surface area contributed by atoms with Crippen LogP contribution in [0, 0.1) is 10.7 Å². The van der Waals surface area contributed by atoms with Gasteiger partial charge in [-0.3, -0.25) is 9.89 Å². The molecule has 6 nitrogen and oxygen atoms in total. The van der Waals surface area contributed by atoms with Gasteiger partial charge in [0.1, 0.15) is 0 Å². The van der Waals surface area contributed by atoms with E-state index in [1.165, 1.54) is 4.90 Å². The van der Waals surface area contributed by atoms with Crippen LogP contribution in [0.2, 0.25) is 0 Å². The number of benzene rings is 1. The first-order valence-electron chi connectivity index (χ1n) is 9.09. The lowest BCUT2D eigenvalue weighted by Crippen LogP contribution is -3.12. The summed E-state index contributed by atoms with van der Waals surface area (Å²) in [6, 6.07) is 13.7. The van der Waals surface area contributed by atoms with Crippen molar-refractivity contribution in [1.29, 1.82) is 0 Å². The summed E-state index contributed by atoms with van der Waals surface area (Å²) < 4.78 is 2.51. The van der Waals surface area contributed by atoms with Crippen molar-refractivity contribution in [2.24, 2.45) is 5.92 Å². The Morgan fingerprint density at radius 3 is 2.74 bits per heavy atom. The van der Waals surface area contributed by atoms with Crippen molar-refractivity contribution in [3.8, 4) is 10.7 Å². The fraction of sp³-hybridized carbons (Fsp3) is 0.316. The van der Waals surface area contributed by atoms with E-state index in [1.54, 1.807) is 11.3 Å². The second-order valence-electron chi connectivity index (χ2n) is 6.80. The molecule has 1 aromatic carbocycles. The van der Waals surface area contributed by atoms with Gasteiger partial charge in [-0.05, 0) is 35.8 Å². The number of rotatable bonds is 5. The Morgan fingerprint density at radius 1 is 1.26 bits per heavy atom. The number of amides is 1. The smallest absolute Gasteiger partial charge is 0.227 e. The number of H-pyrrole nitrogens is 1. The van der Waals surface area contributed by atoms with Crippen LogP contribution in [0.15, 0.2) is 47.8 Å². The van der Waals surface area contributed by atoms with Crippen LogP contribution in [0.3, 0.4) is 0 Å². The number of quaternary nitrogens is 1. The van der Waals surface area contributed by atoms with Crippen LogP contribution in [0.5, 0.6) is 0 Å². The van der Waals surface area contributed by atoms with Gasteiger partial charge in [0.2, 0.25) is 10.7 Å². The molecule has 1 saturated heterocycles. The SMILES string of the molecule is O=C(Nc1ccccc1)C1CC[NH+](Cn2[nH]c(-c3cccs3)nc2=S)CC1. The maximum Gasteiger partial charge on any atom is 0.227 e. The molecule has 1 fully saturated rings. The number of aromatic amines is 1. The number of anilines is 1. The van der Waals surface area contributed by atoms with Gasteiger partial charge in [0, 0.05) is 24.4 Å². The van der Waals surface area contributed by atoms with E-state index < -0.39 is 0 Å². The van der Waals surface area contributed by atoms with Gasteiger partial charge in [0.15, 0.2) is 12.5 Å². The van der Waals surface area contributed by atoms with Gasteiger partial charge in [0.25, 0.3) is 0 Å². The standard InChI is InChI=1S/C19H21N5OS2/c25-18(20-15-5-2-1-3-6-15)14-8-10-23(11-9-14)13-24-19(26)21-17(22-24)16-7-4-12-27-16/h1-7,12,14H,8-11,13H2,(H,20,25)(H,21,22,26)/p+1. The molecule has 140 valence electrons. The highest BCUT2D eigenvalue weighted by Gasteiger charge is 2.28. The normalized spacial score (nSPS) is 19.7. The van der Waals surface area contributed by atoms with Gasteiger partial charge >= 0.3 is 0 Å². The first kappa shape index (κ1) is 18.1. The Kier molecular flexibility index (Phi) is 5.47. The van der Waals surface area contributed by atoms with E-state index in [0.29, 0.717) is 4.77 Å². The fourth-order valence-electron chi connectivity index (χ4n) is 3.42. The van der Waals surface area contributed by atoms with Crippen molar-refractivity contribution < 1.29 is 9.69 Å². The molecule has 1 amide bonds. The third kappa shape index (κ3) is 4.35. The van der Waals surface area contributed by atoms with Crippen molar-refractivity contribution in [2.75, 3.05) is 18.4 Å². The average Bonchev–Trinajstić information content (AvgIpc) is 3.34. The van der Waals surface area contributed by atoms with Crippen LogP contribution in [-0.4, -0.2) is 33.8 Å². The number of carbonyl (C=O) groups excluding carboxylic acids is 1. The zero-order valence-electron chi connectivity index (χ0n) is 14.9. The molecule has 0 radical (unpaired) electrons. The van der Waals surface area contributed by atoms with Gasteiger partial charge in [-0.1, -0.05) is 24.3 Å². The first-order valence-corrected chi connectivity index (χ1v) is 10.4. The monoisotopic (exact) mass is 400 g/mol. The van der Waals surface area contributed by atoms with Gasteiger partial charge in [-0.2, -0.15) is 4.98 Å². The predicted octanol–water partition coefficient (Wildman–Crippen LogP) is 2.56. The molecule has 3 N–H and O–H groups in total. The highest BCUT2D eigenvalue weighted by Crippen LogP contribution is 2.20. The molecule has 2 aromatic heterocycles. The fourth-order valence-corrected chi connectivity index (χ4v) is 4.29. The molecule has 0 unspecified atom stereocenters. The zero-order valence-corrected chi connectivity index (χ0v) is 16.5. The summed E-state index contributed by atoms with van der Waals surface area (Å²) in [6.45, 7) is 2.65. The van der Waals surface area contributed by atoms with Gasteiger partial charge < -0.3 is 10.2 Å². The predicted molar refractivity (Wildman–Crippen MR) is 109 cm³/mol. The second kappa shape index (κ2) is 8.16. The van der Waals surface area contributed by atoms with E-state index in [0.717, 1.165) is 49.0 Å². The van der Waals surface area contributed by atoms with Crippen molar-refractivity contribution >= 4 is 35.1 Å². The summed E-state index contributed by atoms with van der Waals surface area (Å²) in [5, 5.41) is 8.36. The molecular formula is C19H22N5OS2+. The topological polar surface area (TPSA) is 67.2 Å². The molecule has 0 spiro atoms. The van der Waals surface area contributed by atoms with E-state index in [9.17, 15) is 4.79 Å². The molecule has 0 saturated carbocycles. The summed E-state index contributed by atoms with van der Waals surface area (Å²) in [6.07, 6.45) is 1.76. The number of likely N-dealkylation sites (tertiary alicyclic amines) is 1. The summed E-state index contributed by atoms with van der Waals surface area (Å²) in [7, 11) is 0. The lowest BCUT2D eigenvalue weighted by atomic mass is 9.96. The van der Waals surface area contributed by atoms with Crippen molar-refractivity contribution in [2.45, 2.75) is 19.5 Å². The molecule has 0 bridgehead atoms. The van der Waals surface area contributed by atoms with Crippen molar-refractivity contribution in [1.82, 2.24) is 14.8 Å². The Labute approximate surface area is 166 Å². The largest absolute Gasteiger partial charge is 0.326 e. The van der Waals surface area contributed by atoms with Gasteiger partial charge in [-0.15, -0.1) is 11.3 Å². The van der Waals surface area contributed by atoms with Crippen molar-refractivity contribution in [3.63, 3.8) is 0 Å². The lowest BCUT2D eigenvalue weighted by Gasteiger charge is -2.28. The Morgan fingerprint density at radius 2 is 2.04 bits per heavy atom. The summed E-state index contributed by atoms with van der Waals surface area (Å²) in [5.41, 5.74) is 0.863. The molecule has 8 heteroatoms. The molecule has 0 aliphatic carbocycles. The van der Waals surface area contributed by atoms with Gasteiger partial charge in [-0.25, -0.2) is 4.68 Å². The number of piperidine rings is 1. The van der Waals surface area contributed by atoms with Crippen LogP contribution < -0.4 is 10.2 Å². The number of hydrogen-bond donors (Lipinski definition) is 3.